The molecule has 0 aliphatic heterocycles. The van der Waals surface area contributed by atoms with Crippen molar-refractivity contribution in [2.75, 3.05) is 13.2 Å². The molecule has 0 aliphatic rings. The first kappa shape index (κ1) is 44.8. The minimum atomic E-state index is -4.82. The van der Waals surface area contributed by atoms with E-state index in [9.17, 15) is 35.7 Å². The van der Waals surface area contributed by atoms with Crippen LogP contribution in [0.2, 0.25) is 0 Å². The Hall–Kier alpha value is -5.26. The molecule has 0 saturated carbocycles. The summed E-state index contributed by atoms with van der Waals surface area (Å²) >= 11 is 0. The lowest BCUT2D eigenvalue weighted by Gasteiger charge is -2.34. The molecule has 0 radical (unpaired) electrons. The number of ether oxygens (including phenoxy) is 3. The van der Waals surface area contributed by atoms with Gasteiger partial charge in [0.05, 0.1) is 30.0 Å². The Morgan fingerprint density at radius 1 is 0.729 bits per heavy atom. The summed E-state index contributed by atoms with van der Waals surface area (Å²) < 4.78 is 116. The average molecular weight is 842 g/mol. The maximum atomic E-state index is 14.4. The number of rotatable bonds is 20. The zero-order valence-corrected chi connectivity index (χ0v) is 33.4. The number of nitrogens with one attached hydrogen (secondary N) is 1. The zero-order chi connectivity index (χ0) is 42.3. The monoisotopic (exact) mass is 841 g/mol. The second kappa shape index (κ2) is 21.1. The number of carbonyl (C=O) groups excluding carboxylic acids is 1. The lowest BCUT2D eigenvalue weighted by atomic mass is 9.89. The zero-order valence-electron chi connectivity index (χ0n) is 32.4. The molecule has 3 atom stereocenters. The van der Waals surface area contributed by atoms with E-state index in [4.69, 9.17) is 14.0 Å². The predicted molar refractivity (Wildman–Crippen MR) is 214 cm³/mol. The van der Waals surface area contributed by atoms with Crippen LogP contribution in [0.3, 0.4) is 0 Å². The molecule has 0 aromatic heterocycles. The minimum Gasteiger partial charge on any atom is -0.493 e. The molecule has 59 heavy (non-hydrogen) atoms. The normalized spacial score (nSPS) is 13.8. The molecular weight excluding hydrogens is 795 g/mol. The number of alkyl halides is 6. The van der Waals surface area contributed by atoms with Crippen LogP contribution >= 0.6 is 8.03 Å². The first-order valence-corrected chi connectivity index (χ1v) is 20.5. The Morgan fingerprint density at radius 2 is 1.34 bits per heavy atom. The van der Waals surface area contributed by atoms with Crippen molar-refractivity contribution in [1.29, 1.82) is 0 Å². The van der Waals surface area contributed by atoms with Gasteiger partial charge in [-0.2, -0.15) is 13.2 Å². The van der Waals surface area contributed by atoms with E-state index in [1.165, 1.54) is 36.4 Å². The fourth-order valence-corrected chi connectivity index (χ4v) is 7.96. The number of halogens is 6. The molecule has 14 heteroatoms. The van der Waals surface area contributed by atoms with Crippen molar-refractivity contribution in [3.8, 4) is 11.5 Å². The second-order valence-corrected chi connectivity index (χ2v) is 15.7. The molecule has 0 saturated heterocycles. The molecular formula is C45H46F6NO6P. The molecule has 0 aliphatic carbocycles. The van der Waals surface area contributed by atoms with E-state index >= 15 is 0 Å². The molecule has 5 aromatic rings. The Kier molecular flexibility index (Phi) is 16.1. The average Bonchev–Trinajstić information content (AvgIpc) is 3.22. The van der Waals surface area contributed by atoms with E-state index in [0.717, 1.165) is 22.8 Å². The van der Waals surface area contributed by atoms with Crippen molar-refractivity contribution in [2.45, 2.75) is 75.8 Å². The predicted octanol–water partition coefficient (Wildman–Crippen LogP) is 12.1. The van der Waals surface area contributed by atoms with Crippen LogP contribution in [0.1, 0.15) is 65.2 Å². The third kappa shape index (κ3) is 14.5. The van der Waals surface area contributed by atoms with Crippen LogP contribution < -0.4 is 14.8 Å². The van der Waals surface area contributed by atoms with Gasteiger partial charge in [0.25, 0.3) is 0 Å². The molecule has 1 N–H and O–H groups in total. The number of hydrogen-bond acceptors (Lipinski definition) is 6. The van der Waals surface area contributed by atoms with Gasteiger partial charge < -0.3 is 24.1 Å². The summed E-state index contributed by atoms with van der Waals surface area (Å²) in [5.41, 5.74) is 0.897. The van der Waals surface area contributed by atoms with Gasteiger partial charge in [0.2, 0.25) is 0 Å². The fraction of sp³-hybridized carbons (Fsp3) is 0.311. The molecule has 5 rings (SSSR count). The van der Waals surface area contributed by atoms with Crippen molar-refractivity contribution in [2.24, 2.45) is 0 Å². The second-order valence-electron chi connectivity index (χ2n) is 14.1. The molecule has 5 aromatic carbocycles. The lowest BCUT2D eigenvalue weighted by molar-refractivity contribution is -0.274. The van der Waals surface area contributed by atoms with Gasteiger partial charge in [-0.3, -0.25) is 4.57 Å². The summed E-state index contributed by atoms with van der Waals surface area (Å²) in [5, 5.41) is 2.91. The first-order chi connectivity index (χ1) is 28.2. The van der Waals surface area contributed by atoms with Gasteiger partial charge in [-0.05, 0) is 90.6 Å². The van der Waals surface area contributed by atoms with Crippen LogP contribution in [0.15, 0.2) is 133 Å². The maximum Gasteiger partial charge on any atom is 0.573 e. The highest BCUT2D eigenvalue weighted by atomic mass is 31.1. The van der Waals surface area contributed by atoms with E-state index in [0.29, 0.717) is 30.4 Å². The van der Waals surface area contributed by atoms with Crippen LogP contribution in [0.25, 0.3) is 0 Å². The van der Waals surface area contributed by atoms with Crippen LogP contribution in [0.4, 0.5) is 31.1 Å². The summed E-state index contributed by atoms with van der Waals surface area (Å²) in [6.45, 7) is 1.52. The van der Waals surface area contributed by atoms with E-state index < -0.39 is 43.4 Å². The number of amides is 1. The van der Waals surface area contributed by atoms with Gasteiger partial charge in [-0.1, -0.05) is 116 Å². The van der Waals surface area contributed by atoms with Gasteiger partial charge in [-0.15, -0.1) is 13.2 Å². The summed E-state index contributed by atoms with van der Waals surface area (Å²) in [6, 6.07) is 37.0. The van der Waals surface area contributed by atoms with E-state index in [-0.39, 0.29) is 50.6 Å². The molecule has 0 fully saturated rings. The van der Waals surface area contributed by atoms with E-state index in [1.54, 1.807) is 19.1 Å². The van der Waals surface area contributed by atoms with Crippen LogP contribution in [-0.2, 0) is 45.9 Å². The minimum absolute atomic E-state index is 0.0172. The quantitative estimate of drug-likeness (QED) is 0.0477. The molecule has 7 nitrogen and oxygen atoms in total. The van der Waals surface area contributed by atoms with Crippen molar-refractivity contribution >= 4 is 14.1 Å². The summed E-state index contributed by atoms with van der Waals surface area (Å²) in [5.74, 6) is -0.742. The van der Waals surface area contributed by atoms with Gasteiger partial charge in [0.1, 0.15) is 18.1 Å². The van der Waals surface area contributed by atoms with E-state index in [2.05, 4.69) is 10.1 Å². The molecule has 3 unspecified atom stereocenters. The van der Waals surface area contributed by atoms with Gasteiger partial charge in [0, 0.05) is 0 Å². The molecule has 0 spiro atoms. The van der Waals surface area contributed by atoms with Gasteiger partial charge in [0.15, 0.2) is 8.03 Å². The Bertz CT molecular complexity index is 2070. The van der Waals surface area contributed by atoms with Crippen molar-refractivity contribution < 1.29 is 54.4 Å². The third-order valence-corrected chi connectivity index (χ3v) is 11.3. The molecule has 1 amide bonds. The smallest absolute Gasteiger partial charge is 0.493 e. The highest BCUT2D eigenvalue weighted by Crippen LogP contribution is 2.45. The van der Waals surface area contributed by atoms with E-state index in [1.807, 2.05) is 78.9 Å². The number of benzene rings is 5. The van der Waals surface area contributed by atoms with Crippen LogP contribution in [-0.4, -0.2) is 31.2 Å². The SMILES string of the molecule is CCC(CCc1ccc(OCCCc2ccc(OC(F)(F)F)cc2)c(C(F)(F)F)c1)(CO[PH](=O)C(Cc1ccccc1)c1ccccc1)NC(=O)OCc1ccccc1. The Labute approximate surface area is 340 Å². The lowest BCUT2D eigenvalue weighted by Crippen LogP contribution is -2.51. The van der Waals surface area contributed by atoms with Crippen molar-refractivity contribution in [3.63, 3.8) is 0 Å². The summed E-state index contributed by atoms with van der Waals surface area (Å²) in [6.07, 6.45) is -8.76. The van der Waals surface area contributed by atoms with Gasteiger partial charge in [-0.25, -0.2) is 4.79 Å². The topological polar surface area (TPSA) is 83.1 Å². The largest absolute Gasteiger partial charge is 0.573 e. The standard InChI is InChI=1S/C45H46F6NO6P/c1-2-43(52-42(53)56-31-36-15-8-4-9-16-36,32-57-59(54)41(37-18-10-5-11-19-37)30-34-13-6-3-7-14-34)27-26-35-22-25-40(39(29-35)44(46,47)48)55-28-12-17-33-20-23-38(24-21-33)58-45(49,50)51/h3-11,13-16,18-25,29,41,59H,2,12,17,26-28,30-32H2,1H3,(H,52,53). The van der Waals surface area contributed by atoms with Crippen molar-refractivity contribution in [3.05, 3.63) is 167 Å². The fourth-order valence-electron chi connectivity index (χ4n) is 6.48. The van der Waals surface area contributed by atoms with Crippen LogP contribution in [0, 0.1) is 0 Å². The van der Waals surface area contributed by atoms with Crippen LogP contribution in [0.5, 0.6) is 11.5 Å². The highest BCUT2D eigenvalue weighted by molar-refractivity contribution is 7.39. The third-order valence-electron chi connectivity index (χ3n) is 9.78. The number of hydrogen-bond donors (Lipinski definition) is 1. The number of carbonyl (C=O) groups is 1. The summed E-state index contributed by atoms with van der Waals surface area (Å²) in [7, 11) is -2.81. The number of aryl methyl sites for hydroxylation is 2. The maximum absolute atomic E-state index is 14.4. The molecule has 0 bridgehead atoms. The first-order valence-electron chi connectivity index (χ1n) is 19.1. The summed E-state index contributed by atoms with van der Waals surface area (Å²) in [4.78, 5) is 13.3. The number of alkyl carbamates (subject to hydrolysis) is 1. The highest BCUT2D eigenvalue weighted by Gasteiger charge is 2.37. The molecule has 314 valence electrons. The Balaban J connectivity index is 1.29. The molecule has 0 heterocycles. The van der Waals surface area contributed by atoms with Crippen molar-refractivity contribution in [1.82, 2.24) is 5.32 Å². The Morgan fingerprint density at radius 3 is 1.95 bits per heavy atom. The van der Waals surface area contributed by atoms with Gasteiger partial charge >= 0.3 is 18.6 Å².